The van der Waals surface area contributed by atoms with Gasteiger partial charge in [-0.2, -0.15) is 0 Å². The smallest absolute Gasteiger partial charge is 0.229 e. The molecule has 2 aliphatic heterocycles. The van der Waals surface area contributed by atoms with Crippen LogP contribution in [0, 0.1) is 5.92 Å². The summed E-state index contributed by atoms with van der Waals surface area (Å²) in [4.78, 5) is 13.8. The summed E-state index contributed by atoms with van der Waals surface area (Å²) < 4.78 is 0. The molecule has 15 heavy (non-hydrogen) atoms. The van der Waals surface area contributed by atoms with Gasteiger partial charge < -0.3 is 4.90 Å². The van der Waals surface area contributed by atoms with Gasteiger partial charge in [0.2, 0.25) is 5.91 Å². The lowest BCUT2D eigenvalue weighted by molar-refractivity contribution is -0.148. The third-order valence-electron chi connectivity index (χ3n) is 3.17. The van der Waals surface area contributed by atoms with E-state index in [1.54, 1.807) is 0 Å². The number of nitrogens with zero attached hydrogens (tertiary/aromatic N) is 1. The van der Waals surface area contributed by atoms with Gasteiger partial charge in [0.25, 0.3) is 0 Å². The highest BCUT2D eigenvalue weighted by Gasteiger charge is 2.49. The van der Waals surface area contributed by atoms with E-state index in [2.05, 4.69) is 12.1 Å². The van der Waals surface area contributed by atoms with Crippen LogP contribution in [0.25, 0.3) is 0 Å². The molecule has 0 aromatic heterocycles. The van der Waals surface area contributed by atoms with Gasteiger partial charge in [0, 0.05) is 12.3 Å². The van der Waals surface area contributed by atoms with Crippen LogP contribution >= 0.6 is 11.8 Å². The number of carbonyl (C=O) groups excluding carboxylic acids is 1. The van der Waals surface area contributed by atoms with Crippen molar-refractivity contribution >= 4 is 17.7 Å². The van der Waals surface area contributed by atoms with Crippen molar-refractivity contribution in [2.24, 2.45) is 5.92 Å². The maximum absolute atomic E-state index is 11.8. The number of hydrogen-bond acceptors (Lipinski definition) is 2. The minimum atomic E-state index is 0.236. The number of fused-ring (bicyclic) bond motifs is 1. The zero-order valence-electron chi connectivity index (χ0n) is 8.43. The highest BCUT2D eigenvalue weighted by Crippen LogP contribution is 2.41. The van der Waals surface area contributed by atoms with Gasteiger partial charge >= 0.3 is 0 Å². The molecule has 0 spiro atoms. The quantitative estimate of drug-likeness (QED) is 0.706. The maximum Gasteiger partial charge on any atom is 0.229 e. The second kappa shape index (κ2) is 3.56. The molecule has 0 bridgehead atoms. The summed E-state index contributed by atoms with van der Waals surface area (Å²) in [5.74, 6) is 1.70. The number of rotatable bonds is 2. The molecule has 3 rings (SSSR count). The lowest BCUT2D eigenvalue weighted by atomic mass is 9.91. The van der Waals surface area contributed by atoms with Crippen LogP contribution in [0.4, 0.5) is 0 Å². The average molecular weight is 219 g/mol. The first kappa shape index (κ1) is 9.28. The Hall–Kier alpha value is -0.960. The molecule has 2 atom stereocenters. The van der Waals surface area contributed by atoms with Gasteiger partial charge in [-0.15, -0.1) is 11.8 Å². The maximum atomic E-state index is 11.8. The average Bonchev–Trinajstić information content (AvgIpc) is 2.72. The van der Waals surface area contributed by atoms with E-state index in [-0.39, 0.29) is 5.92 Å². The Bertz CT molecular complexity index is 378. The summed E-state index contributed by atoms with van der Waals surface area (Å²) in [5.41, 5.74) is 1.28. The van der Waals surface area contributed by atoms with Crippen LogP contribution in [0.15, 0.2) is 30.3 Å². The molecule has 0 N–H and O–H groups in total. The van der Waals surface area contributed by atoms with Crippen LogP contribution in [0.1, 0.15) is 5.56 Å². The Balaban J connectivity index is 1.72. The number of thioether (sulfide) groups is 1. The molecule has 78 valence electrons. The molecule has 2 heterocycles. The third-order valence-corrected chi connectivity index (χ3v) is 4.51. The van der Waals surface area contributed by atoms with Crippen LogP contribution in [-0.2, 0) is 11.2 Å². The van der Waals surface area contributed by atoms with Crippen molar-refractivity contribution in [1.82, 2.24) is 4.90 Å². The summed E-state index contributed by atoms with van der Waals surface area (Å²) in [7, 11) is 0. The van der Waals surface area contributed by atoms with Crippen LogP contribution in [-0.4, -0.2) is 28.5 Å². The third kappa shape index (κ3) is 1.46. The lowest BCUT2D eigenvalue weighted by Gasteiger charge is -2.41. The molecule has 0 aliphatic carbocycles. The normalized spacial score (nSPS) is 28.8. The molecule has 1 aromatic rings. The number of carbonyl (C=O) groups is 1. The summed E-state index contributed by atoms with van der Waals surface area (Å²) in [5, 5.41) is 0.470. The number of benzene rings is 1. The summed E-state index contributed by atoms with van der Waals surface area (Å²) >= 11 is 1.93. The molecule has 0 saturated carbocycles. The first-order valence-electron chi connectivity index (χ1n) is 5.32. The van der Waals surface area contributed by atoms with E-state index in [9.17, 15) is 4.79 Å². The lowest BCUT2D eigenvalue weighted by Crippen LogP contribution is -2.57. The fourth-order valence-electron chi connectivity index (χ4n) is 2.37. The molecular weight excluding hydrogens is 206 g/mol. The molecule has 3 heteroatoms. The standard InChI is InChI=1S/C12H13NOS/c14-11-10(12-13(11)6-7-15-12)8-9-4-2-1-3-5-9/h1-5,10,12H,6-8H2/t10?,12-/m1/s1. The Morgan fingerprint density at radius 3 is 2.93 bits per heavy atom. The fraction of sp³-hybridized carbons (Fsp3) is 0.417. The van der Waals surface area contributed by atoms with E-state index in [1.165, 1.54) is 5.56 Å². The van der Waals surface area contributed by atoms with E-state index in [4.69, 9.17) is 0 Å². The SMILES string of the molecule is O=C1C(Cc2ccccc2)[C@H]2SCCN12. The second-order valence-corrected chi connectivity index (χ2v) is 5.31. The van der Waals surface area contributed by atoms with Gasteiger partial charge in [-0.3, -0.25) is 4.79 Å². The Kier molecular flexibility index (Phi) is 2.20. The predicted molar refractivity (Wildman–Crippen MR) is 61.6 cm³/mol. The van der Waals surface area contributed by atoms with Gasteiger partial charge in [0.05, 0.1) is 11.3 Å². The molecule has 1 amide bonds. The number of β-lactam (4-membered cyclic amide) rings is 1. The molecular formula is C12H13NOS. The van der Waals surface area contributed by atoms with E-state index >= 15 is 0 Å². The first-order valence-corrected chi connectivity index (χ1v) is 6.37. The van der Waals surface area contributed by atoms with Crippen LogP contribution < -0.4 is 0 Å². The largest absolute Gasteiger partial charge is 0.329 e. The predicted octanol–water partition coefficient (Wildman–Crippen LogP) is 1.76. The monoisotopic (exact) mass is 219 g/mol. The summed E-state index contributed by atoms with van der Waals surface area (Å²) in [6.07, 6.45) is 0.911. The highest BCUT2D eigenvalue weighted by atomic mass is 32.2. The van der Waals surface area contributed by atoms with Crippen molar-refractivity contribution in [2.45, 2.75) is 11.8 Å². The van der Waals surface area contributed by atoms with Gasteiger partial charge in [0.1, 0.15) is 0 Å². The zero-order valence-corrected chi connectivity index (χ0v) is 9.24. The molecule has 1 unspecified atom stereocenters. The number of hydrogen-bond donors (Lipinski definition) is 0. The molecule has 1 aromatic carbocycles. The van der Waals surface area contributed by atoms with Crippen molar-refractivity contribution in [3.05, 3.63) is 35.9 Å². The first-order chi connectivity index (χ1) is 7.36. The molecule has 0 radical (unpaired) electrons. The molecule has 2 aliphatic rings. The van der Waals surface area contributed by atoms with Crippen LogP contribution in [0.2, 0.25) is 0 Å². The Morgan fingerprint density at radius 1 is 1.33 bits per heavy atom. The van der Waals surface area contributed by atoms with E-state index in [0.29, 0.717) is 11.3 Å². The second-order valence-electron chi connectivity index (χ2n) is 4.09. The van der Waals surface area contributed by atoms with Crippen LogP contribution in [0.3, 0.4) is 0 Å². The van der Waals surface area contributed by atoms with Crippen molar-refractivity contribution in [2.75, 3.05) is 12.3 Å². The Labute approximate surface area is 93.7 Å². The van der Waals surface area contributed by atoms with Crippen molar-refractivity contribution < 1.29 is 4.79 Å². The molecule has 2 saturated heterocycles. The van der Waals surface area contributed by atoms with E-state index in [0.717, 1.165) is 18.7 Å². The molecule has 2 nitrogen and oxygen atoms in total. The highest BCUT2D eigenvalue weighted by molar-refractivity contribution is 8.00. The Morgan fingerprint density at radius 2 is 2.13 bits per heavy atom. The number of amides is 1. The fourth-order valence-corrected chi connectivity index (χ4v) is 3.74. The van der Waals surface area contributed by atoms with Crippen molar-refractivity contribution in [3.63, 3.8) is 0 Å². The van der Waals surface area contributed by atoms with Crippen LogP contribution in [0.5, 0.6) is 0 Å². The van der Waals surface area contributed by atoms with Gasteiger partial charge in [0.15, 0.2) is 0 Å². The summed E-state index contributed by atoms with van der Waals surface area (Å²) in [6, 6.07) is 10.3. The zero-order chi connectivity index (χ0) is 10.3. The minimum absolute atomic E-state index is 0.236. The van der Waals surface area contributed by atoms with Gasteiger partial charge in [-0.1, -0.05) is 30.3 Å². The van der Waals surface area contributed by atoms with Crippen molar-refractivity contribution in [1.29, 1.82) is 0 Å². The van der Waals surface area contributed by atoms with Gasteiger partial charge in [-0.05, 0) is 12.0 Å². The molecule has 2 fully saturated rings. The van der Waals surface area contributed by atoms with Crippen molar-refractivity contribution in [3.8, 4) is 0 Å². The minimum Gasteiger partial charge on any atom is -0.329 e. The van der Waals surface area contributed by atoms with E-state index in [1.807, 2.05) is 34.9 Å². The summed E-state index contributed by atoms with van der Waals surface area (Å²) in [6.45, 7) is 0.958. The van der Waals surface area contributed by atoms with E-state index < -0.39 is 0 Å². The topological polar surface area (TPSA) is 20.3 Å². The van der Waals surface area contributed by atoms with Gasteiger partial charge in [-0.25, -0.2) is 0 Å².